The number of piperidine rings is 1. The fourth-order valence-corrected chi connectivity index (χ4v) is 3.91. The van der Waals surface area contributed by atoms with Gasteiger partial charge in [-0.1, -0.05) is 0 Å². The lowest BCUT2D eigenvalue weighted by atomic mass is 10.0. The summed E-state index contributed by atoms with van der Waals surface area (Å²) in [6.07, 6.45) is 3.35. The molecule has 0 amide bonds. The first kappa shape index (κ1) is 14.8. The molecule has 0 spiro atoms. The summed E-state index contributed by atoms with van der Waals surface area (Å²) < 4.78 is 24.3. The molecule has 1 fully saturated rings. The molecule has 0 bridgehead atoms. The Bertz CT molecular complexity index is 355. The third-order valence-corrected chi connectivity index (χ3v) is 5.23. The van der Waals surface area contributed by atoms with Gasteiger partial charge in [0.25, 0.3) is 0 Å². The first-order chi connectivity index (χ1) is 7.89. The smallest absolute Gasteiger partial charge is 0.304 e. The summed E-state index contributed by atoms with van der Waals surface area (Å²) in [7, 11) is -3.07. The van der Waals surface area contributed by atoms with Crippen molar-refractivity contribution < 1.29 is 18.3 Å². The Morgan fingerprint density at radius 3 is 2.82 bits per heavy atom. The van der Waals surface area contributed by atoms with Crippen LogP contribution in [0, 0.1) is 5.92 Å². The summed E-state index contributed by atoms with van der Waals surface area (Å²) in [6, 6.07) is 0. The van der Waals surface area contributed by atoms with E-state index < -0.39 is 16.0 Å². The van der Waals surface area contributed by atoms with Gasteiger partial charge in [-0.3, -0.25) is 4.79 Å². The number of carbonyl (C=O) groups is 1. The van der Waals surface area contributed by atoms with Gasteiger partial charge in [0, 0.05) is 18.8 Å². The van der Waals surface area contributed by atoms with E-state index in [9.17, 15) is 13.2 Å². The lowest BCUT2D eigenvalue weighted by Crippen LogP contribution is -2.39. The van der Waals surface area contributed by atoms with Crippen LogP contribution >= 0.6 is 11.8 Å². The second-order valence-electron chi connectivity index (χ2n) is 4.35. The molecule has 1 aliphatic heterocycles. The van der Waals surface area contributed by atoms with Gasteiger partial charge < -0.3 is 5.11 Å². The lowest BCUT2D eigenvalue weighted by molar-refractivity contribution is -0.136. The van der Waals surface area contributed by atoms with Crippen molar-refractivity contribution in [1.82, 2.24) is 4.31 Å². The van der Waals surface area contributed by atoms with E-state index in [4.69, 9.17) is 5.11 Å². The topological polar surface area (TPSA) is 74.7 Å². The van der Waals surface area contributed by atoms with Crippen molar-refractivity contribution in [3.05, 3.63) is 0 Å². The number of nitrogens with zero attached hydrogens (tertiary/aromatic N) is 1. The van der Waals surface area contributed by atoms with Crippen LogP contribution in [0.3, 0.4) is 0 Å². The number of hydrogen-bond donors (Lipinski definition) is 1. The Kier molecular flexibility index (Phi) is 5.75. The molecule has 1 unspecified atom stereocenters. The number of hydrogen-bond acceptors (Lipinski definition) is 4. The van der Waals surface area contributed by atoms with Gasteiger partial charge in [0.2, 0.25) is 10.0 Å². The number of aliphatic carboxylic acids is 1. The highest BCUT2D eigenvalue weighted by atomic mass is 32.2. The first-order valence-corrected chi connectivity index (χ1v) is 8.64. The summed E-state index contributed by atoms with van der Waals surface area (Å²) in [4.78, 5) is 10.3. The lowest BCUT2D eigenvalue weighted by Gasteiger charge is -2.30. The Balaban J connectivity index is 2.28. The van der Waals surface area contributed by atoms with Crippen LogP contribution in [0.25, 0.3) is 0 Å². The average molecular weight is 281 g/mol. The first-order valence-electron chi connectivity index (χ1n) is 5.64. The molecule has 1 rings (SSSR count). The zero-order chi connectivity index (χ0) is 12.9. The third-order valence-electron chi connectivity index (χ3n) is 2.76. The maximum absolute atomic E-state index is 11.4. The molecule has 1 saturated heterocycles. The molecule has 0 saturated carbocycles. The largest absolute Gasteiger partial charge is 0.481 e. The van der Waals surface area contributed by atoms with Crippen molar-refractivity contribution >= 4 is 27.8 Å². The fraction of sp³-hybridized carbons (Fsp3) is 0.900. The second-order valence-corrected chi connectivity index (χ2v) is 7.48. The highest BCUT2D eigenvalue weighted by molar-refractivity contribution is 7.99. The number of sulfonamides is 1. The summed E-state index contributed by atoms with van der Waals surface area (Å²) in [5.41, 5.74) is 0. The Morgan fingerprint density at radius 1 is 1.53 bits per heavy atom. The number of rotatable bonds is 6. The summed E-state index contributed by atoms with van der Waals surface area (Å²) in [6.45, 7) is 1.20. The molecular formula is C10H19NO4S2. The fourth-order valence-electron chi connectivity index (χ4n) is 1.87. The molecule has 1 N–H and O–H groups in total. The van der Waals surface area contributed by atoms with Crippen LogP contribution in [0.1, 0.15) is 19.3 Å². The third kappa shape index (κ3) is 5.74. The van der Waals surface area contributed by atoms with Crippen molar-refractivity contribution in [2.75, 3.05) is 30.9 Å². The molecule has 1 aliphatic rings. The van der Waals surface area contributed by atoms with Crippen LogP contribution < -0.4 is 0 Å². The van der Waals surface area contributed by atoms with Crippen LogP contribution in [-0.2, 0) is 14.8 Å². The maximum Gasteiger partial charge on any atom is 0.304 e. The van der Waals surface area contributed by atoms with E-state index in [2.05, 4.69) is 0 Å². The zero-order valence-electron chi connectivity index (χ0n) is 9.96. The molecule has 0 aromatic carbocycles. The molecule has 5 nitrogen and oxygen atoms in total. The van der Waals surface area contributed by atoms with Gasteiger partial charge in [-0.05, 0) is 24.5 Å². The summed E-state index contributed by atoms with van der Waals surface area (Å²) in [5, 5.41) is 8.50. The quantitative estimate of drug-likeness (QED) is 0.731. The van der Waals surface area contributed by atoms with Crippen LogP contribution in [0.2, 0.25) is 0 Å². The van der Waals surface area contributed by atoms with Crippen molar-refractivity contribution in [2.24, 2.45) is 5.92 Å². The Hall–Kier alpha value is -0.270. The molecule has 1 atom stereocenters. The van der Waals surface area contributed by atoms with Crippen molar-refractivity contribution in [2.45, 2.75) is 19.3 Å². The Labute approximate surface area is 107 Å². The standard InChI is InChI=1S/C10H19NO4S2/c1-17(14,15)11-5-2-3-9(7-11)8-16-6-4-10(12)13/h9H,2-8H2,1H3,(H,12,13). The maximum atomic E-state index is 11.4. The van der Waals surface area contributed by atoms with E-state index >= 15 is 0 Å². The van der Waals surface area contributed by atoms with Crippen molar-refractivity contribution in [1.29, 1.82) is 0 Å². The van der Waals surface area contributed by atoms with Gasteiger partial charge in [-0.2, -0.15) is 11.8 Å². The minimum absolute atomic E-state index is 0.174. The molecule has 100 valence electrons. The van der Waals surface area contributed by atoms with Crippen LogP contribution in [0.5, 0.6) is 0 Å². The second kappa shape index (κ2) is 6.61. The summed E-state index contributed by atoms with van der Waals surface area (Å²) in [5.74, 6) is 1.03. The molecular weight excluding hydrogens is 262 g/mol. The van der Waals surface area contributed by atoms with Gasteiger partial charge >= 0.3 is 5.97 Å². The molecule has 0 aliphatic carbocycles. The van der Waals surface area contributed by atoms with Crippen LogP contribution in [0.15, 0.2) is 0 Å². The summed E-state index contributed by atoms with van der Waals surface area (Å²) >= 11 is 1.60. The Morgan fingerprint density at radius 2 is 2.24 bits per heavy atom. The van der Waals surface area contributed by atoms with E-state index in [0.29, 0.717) is 24.8 Å². The highest BCUT2D eigenvalue weighted by Gasteiger charge is 2.25. The van der Waals surface area contributed by atoms with Gasteiger partial charge in [-0.25, -0.2) is 12.7 Å². The van der Waals surface area contributed by atoms with Gasteiger partial charge in [0.1, 0.15) is 0 Å². The normalized spacial score (nSPS) is 22.5. The monoisotopic (exact) mass is 281 g/mol. The van der Waals surface area contributed by atoms with Crippen molar-refractivity contribution in [3.8, 4) is 0 Å². The van der Waals surface area contributed by atoms with E-state index in [0.717, 1.165) is 18.6 Å². The minimum Gasteiger partial charge on any atom is -0.481 e. The van der Waals surface area contributed by atoms with E-state index in [1.54, 1.807) is 11.8 Å². The number of carboxylic acid groups (broad SMARTS) is 1. The molecule has 0 aromatic heterocycles. The number of thioether (sulfide) groups is 1. The van der Waals surface area contributed by atoms with Gasteiger partial charge in [0.15, 0.2) is 0 Å². The van der Waals surface area contributed by atoms with Crippen LogP contribution in [0.4, 0.5) is 0 Å². The van der Waals surface area contributed by atoms with E-state index in [-0.39, 0.29) is 6.42 Å². The molecule has 17 heavy (non-hydrogen) atoms. The van der Waals surface area contributed by atoms with Gasteiger partial charge in [-0.15, -0.1) is 0 Å². The molecule has 1 heterocycles. The predicted molar refractivity (Wildman–Crippen MR) is 68.7 cm³/mol. The van der Waals surface area contributed by atoms with E-state index in [1.807, 2.05) is 0 Å². The van der Waals surface area contributed by atoms with Crippen molar-refractivity contribution in [3.63, 3.8) is 0 Å². The SMILES string of the molecule is CS(=O)(=O)N1CCCC(CSCCC(=O)O)C1. The number of carboxylic acids is 1. The van der Waals surface area contributed by atoms with Crippen LogP contribution in [-0.4, -0.2) is 54.6 Å². The predicted octanol–water partition coefficient (Wildman–Crippen LogP) is 0.866. The van der Waals surface area contributed by atoms with Gasteiger partial charge in [0.05, 0.1) is 12.7 Å². The molecule has 7 heteroatoms. The zero-order valence-corrected chi connectivity index (χ0v) is 11.6. The molecule has 0 aromatic rings. The van der Waals surface area contributed by atoms with E-state index in [1.165, 1.54) is 10.6 Å². The average Bonchev–Trinajstić information content (AvgIpc) is 2.23. The highest BCUT2D eigenvalue weighted by Crippen LogP contribution is 2.22. The minimum atomic E-state index is -3.07. The molecule has 0 radical (unpaired) electrons.